The molecule has 0 saturated carbocycles. The monoisotopic (exact) mass is 339 g/mol. The van der Waals surface area contributed by atoms with Crippen LogP contribution < -0.4 is 5.32 Å². The predicted octanol–water partition coefficient (Wildman–Crippen LogP) is 1.93. The van der Waals surface area contributed by atoms with Gasteiger partial charge in [-0.2, -0.15) is 0 Å². The van der Waals surface area contributed by atoms with Crippen LogP contribution in [0.25, 0.3) is 0 Å². The molecule has 2 aliphatic rings. The molecule has 0 radical (unpaired) electrons. The third kappa shape index (κ3) is 3.39. The lowest BCUT2D eigenvalue weighted by atomic mass is 10.1. The summed E-state index contributed by atoms with van der Waals surface area (Å²) in [5, 5.41) is 3.23. The van der Waals surface area contributed by atoms with Crippen LogP contribution in [0.5, 0.6) is 0 Å². The van der Waals surface area contributed by atoms with Gasteiger partial charge in [-0.1, -0.05) is 24.3 Å². The van der Waals surface area contributed by atoms with E-state index in [1.165, 1.54) is 11.1 Å². The van der Waals surface area contributed by atoms with Crippen LogP contribution in [-0.2, 0) is 20.0 Å². The number of fused-ring (bicyclic) bond motifs is 1. The number of carbonyl (C=O) groups is 1. The summed E-state index contributed by atoms with van der Waals surface area (Å²) in [6.07, 6.45) is 5.86. The van der Waals surface area contributed by atoms with Crippen molar-refractivity contribution in [3.05, 3.63) is 53.6 Å². The summed E-state index contributed by atoms with van der Waals surface area (Å²) in [5.74, 6) is 1.07. The van der Waals surface area contributed by atoms with Crippen LogP contribution >= 0.6 is 0 Å². The van der Waals surface area contributed by atoms with Crippen molar-refractivity contribution in [3.63, 3.8) is 0 Å². The van der Waals surface area contributed by atoms with Crippen molar-refractivity contribution in [2.75, 3.05) is 26.2 Å². The van der Waals surface area contributed by atoms with E-state index in [1.807, 2.05) is 24.3 Å². The van der Waals surface area contributed by atoms with Gasteiger partial charge < -0.3 is 14.8 Å². The number of benzene rings is 1. The number of carbonyl (C=O) groups excluding carboxylic acids is 1. The zero-order chi connectivity index (χ0) is 17.2. The quantitative estimate of drug-likeness (QED) is 0.930. The molecule has 1 saturated heterocycles. The van der Waals surface area contributed by atoms with Gasteiger partial charge in [0.2, 0.25) is 0 Å². The lowest BCUT2D eigenvalue weighted by Gasteiger charge is -2.35. The maximum absolute atomic E-state index is 12.6. The van der Waals surface area contributed by atoms with E-state index in [9.17, 15) is 4.79 Å². The lowest BCUT2D eigenvalue weighted by molar-refractivity contribution is 0.131. The second-order valence-corrected chi connectivity index (χ2v) is 6.96. The van der Waals surface area contributed by atoms with Crippen molar-refractivity contribution in [2.45, 2.75) is 25.4 Å². The number of aryl methyl sites for hydroxylation is 2. The number of nitrogens with zero attached hydrogens (tertiary/aromatic N) is 4. The van der Waals surface area contributed by atoms with Crippen LogP contribution in [0.1, 0.15) is 29.4 Å². The molecule has 4 rings (SSSR count). The Morgan fingerprint density at radius 2 is 2.04 bits per heavy atom. The number of nitrogens with one attached hydrogen (secondary N) is 1. The first-order valence-corrected chi connectivity index (χ1v) is 9.02. The fourth-order valence-electron chi connectivity index (χ4n) is 3.81. The van der Waals surface area contributed by atoms with Gasteiger partial charge in [0.1, 0.15) is 5.82 Å². The van der Waals surface area contributed by atoms with Crippen molar-refractivity contribution in [3.8, 4) is 0 Å². The highest BCUT2D eigenvalue weighted by molar-refractivity contribution is 5.75. The fourth-order valence-corrected chi connectivity index (χ4v) is 3.81. The molecule has 25 heavy (non-hydrogen) atoms. The first-order chi connectivity index (χ1) is 12.2. The first-order valence-electron chi connectivity index (χ1n) is 9.02. The summed E-state index contributed by atoms with van der Waals surface area (Å²) in [7, 11) is 2.02. The molecule has 0 spiro atoms. The zero-order valence-corrected chi connectivity index (χ0v) is 14.7. The second-order valence-electron chi connectivity index (χ2n) is 6.96. The topological polar surface area (TPSA) is 53.4 Å². The van der Waals surface area contributed by atoms with Crippen LogP contribution in [0.2, 0.25) is 0 Å². The van der Waals surface area contributed by atoms with Crippen LogP contribution in [-0.4, -0.2) is 51.6 Å². The fraction of sp³-hybridized carbons (Fsp3) is 0.474. The van der Waals surface area contributed by atoms with Gasteiger partial charge in [-0.3, -0.25) is 4.90 Å². The molecule has 1 aliphatic heterocycles. The van der Waals surface area contributed by atoms with E-state index in [0.717, 1.165) is 51.4 Å². The highest BCUT2D eigenvalue weighted by Gasteiger charge is 2.27. The molecule has 1 N–H and O–H groups in total. The SMILES string of the molecule is Cn1ccnc1CN1CCN(C(=O)N[C@@H]2CCc3ccccc32)CC1. The van der Waals surface area contributed by atoms with Crippen molar-refractivity contribution < 1.29 is 4.79 Å². The largest absolute Gasteiger partial charge is 0.337 e. The van der Waals surface area contributed by atoms with E-state index in [1.54, 1.807) is 0 Å². The molecule has 1 aromatic carbocycles. The molecule has 0 bridgehead atoms. The minimum Gasteiger partial charge on any atom is -0.337 e. The van der Waals surface area contributed by atoms with E-state index >= 15 is 0 Å². The van der Waals surface area contributed by atoms with Crippen LogP contribution in [0.3, 0.4) is 0 Å². The van der Waals surface area contributed by atoms with Gasteiger partial charge in [0.05, 0.1) is 12.6 Å². The molecule has 2 heterocycles. The first kappa shape index (κ1) is 16.1. The Hall–Kier alpha value is -2.34. The highest BCUT2D eigenvalue weighted by atomic mass is 16.2. The van der Waals surface area contributed by atoms with Gasteiger partial charge in [0, 0.05) is 45.6 Å². The number of aromatic nitrogens is 2. The third-order valence-corrected chi connectivity index (χ3v) is 5.38. The molecule has 2 aromatic rings. The Bertz CT molecular complexity index is 748. The molecule has 1 fully saturated rings. The summed E-state index contributed by atoms with van der Waals surface area (Å²) in [6, 6.07) is 8.66. The second kappa shape index (κ2) is 6.88. The molecule has 0 unspecified atom stereocenters. The Balaban J connectivity index is 1.29. The minimum atomic E-state index is 0.0679. The van der Waals surface area contributed by atoms with E-state index < -0.39 is 0 Å². The number of urea groups is 1. The summed E-state index contributed by atoms with van der Waals surface area (Å²) in [6.45, 7) is 4.16. The predicted molar refractivity (Wildman–Crippen MR) is 96.1 cm³/mol. The minimum absolute atomic E-state index is 0.0679. The standard InChI is InChI=1S/C19H25N5O/c1-22-9-8-20-18(22)14-23-10-12-24(13-11-23)19(25)21-17-7-6-15-4-2-3-5-16(15)17/h2-5,8-9,17H,6-7,10-14H2,1H3,(H,21,25)/t17-/m1/s1. The molecular formula is C19H25N5O. The summed E-state index contributed by atoms with van der Waals surface area (Å²) in [4.78, 5) is 21.3. The van der Waals surface area contributed by atoms with E-state index in [2.05, 4.69) is 44.0 Å². The zero-order valence-electron chi connectivity index (χ0n) is 14.7. The third-order valence-electron chi connectivity index (χ3n) is 5.38. The van der Waals surface area contributed by atoms with Gasteiger partial charge in [-0.25, -0.2) is 9.78 Å². The normalized spacial score (nSPS) is 20.5. The maximum Gasteiger partial charge on any atom is 0.317 e. The number of amides is 2. The molecule has 6 nitrogen and oxygen atoms in total. The van der Waals surface area contributed by atoms with Crippen molar-refractivity contribution in [1.82, 2.24) is 24.7 Å². The Labute approximate surface area is 148 Å². The average molecular weight is 339 g/mol. The number of hydrogen-bond acceptors (Lipinski definition) is 3. The van der Waals surface area contributed by atoms with Gasteiger partial charge >= 0.3 is 6.03 Å². The average Bonchev–Trinajstić information content (AvgIpc) is 3.22. The maximum atomic E-state index is 12.6. The van der Waals surface area contributed by atoms with Crippen molar-refractivity contribution >= 4 is 6.03 Å². The van der Waals surface area contributed by atoms with Crippen molar-refractivity contribution in [1.29, 1.82) is 0 Å². The summed E-state index contributed by atoms with van der Waals surface area (Å²) < 4.78 is 2.05. The van der Waals surface area contributed by atoms with Crippen molar-refractivity contribution in [2.24, 2.45) is 7.05 Å². The molecule has 2 amide bonds. The Morgan fingerprint density at radius 3 is 2.80 bits per heavy atom. The smallest absolute Gasteiger partial charge is 0.317 e. The number of piperazine rings is 1. The molecule has 1 atom stereocenters. The lowest BCUT2D eigenvalue weighted by Crippen LogP contribution is -2.52. The van der Waals surface area contributed by atoms with Gasteiger partial charge in [-0.15, -0.1) is 0 Å². The van der Waals surface area contributed by atoms with Gasteiger partial charge in [-0.05, 0) is 24.0 Å². The number of rotatable bonds is 3. The van der Waals surface area contributed by atoms with Gasteiger partial charge in [0.15, 0.2) is 0 Å². The molecular weight excluding hydrogens is 314 g/mol. The van der Waals surface area contributed by atoms with E-state index in [4.69, 9.17) is 0 Å². The highest BCUT2D eigenvalue weighted by Crippen LogP contribution is 2.30. The molecule has 132 valence electrons. The molecule has 1 aromatic heterocycles. The number of hydrogen-bond donors (Lipinski definition) is 1. The van der Waals surface area contributed by atoms with E-state index in [-0.39, 0.29) is 12.1 Å². The van der Waals surface area contributed by atoms with Crippen LogP contribution in [0, 0.1) is 0 Å². The van der Waals surface area contributed by atoms with Crippen LogP contribution in [0.4, 0.5) is 4.79 Å². The van der Waals surface area contributed by atoms with Gasteiger partial charge in [0.25, 0.3) is 0 Å². The summed E-state index contributed by atoms with van der Waals surface area (Å²) in [5.41, 5.74) is 2.65. The number of imidazole rings is 1. The molecule has 1 aliphatic carbocycles. The summed E-state index contributed by atoms with van der Waals surface area (Å²) >= 11 is 0. The van der Waals surface area contributed by atoms with Crippen LogP contribution in [0.15, 0.2) is 36.7 Å². The molecule has 6 heteroatoms. The Morgan fingerprint density at radius 1 is 1.24 bits per heavy atom. The van der Waals surface area contributed by atoms with E-state index in [0.29, 0.717) is 0 Å². The Kier molecular flexibility index (Phi) is 4.44.